The highest BCUT2D eigenvalue weighted by molar-refractivity contribution is 5.88. The number of aromatic nitrogens is 5. The zero-order chi connectivity index (χ0) is 26.5. The van der Waals surface area contributed by atoms with Gasteiger partial charge in [0.25, 0.3) is 0 Å². The minimum atomic E-state index is -0.444. The van der Waals surface area contributed by atoms with Gasteiger partial charge in [0, 0.05) is 42.3 Å². The molecule has 0 spiro atoms. The molecule has 202 valence electrons. The van der Waals surface area contributed by atoms with Crippen LogP contribution in [0.3, 0.4) is 0 Å². The number of anilines is 3. The van der Waals surface area contributed by atoms with Crippen LogP contribution < -0.4 is 16.3 Å². The first kappa shape index (κ1) is 24.0. The van der Waals surface area contributed by atoms with Crippen LogP contribution in [-0.4, -0.2) is 36.1 Å². The Bertz CT molecular complexity index is 1600. The number of carbonyl (C=O) groups excluding carboxylic acids is 1. The molecular formula is C29H33N7O3. The van der Waals surface area contributed by atoms with Gasteiger partial charge in [-0.05, 0) is 68.7 Å². The van der Waals surface area contributed by atoms with Gasteiger partial charge in [-0.15, -0.1) is 0 Å². The number of rotatable bonds is 7. The Morgan fingerprint density at radius 2 is 1.69 bits per heavy atom. The number of nitrogens with zero attached hydrogens (tertiary/aromatic N) is 5. The number of carbonyl (C=O) groups is 1. The highest BCUT2D eigenvalue weighted by Gasteiger charge is 2.25. The molecule has 1 amide bonds. The first-order valence-corrected chi connectivity index (χ1v) is 14.0. The molecule has 0 bridgehead atoms. The lowest BCUT2D eigenvalue weighted by Crippen LogP contribution is -2.27. The van der Waals surface area contributed by atoms with Crippen molar-refractivity contribution in [2.24, 2.45) is 7.05 Å². The zero-order valence-corrected chi connectivity index (χ0v) is 22.1. The monoisotopic (exact) mass is 527 g/mol. The van der Waals surface area contributed by atoms with Gasteiger partial charge in [-0.2, -0.15) is 5.10 Å². The minimum absolute atomic E-state index is 0.00169. The summed E-state index contributed by atoms with van der Waals surface area (Å²) in [5, 5.41) is 10.9. The van der Waals surface area contributed by atoms with E-state index in [1.165, 1.54) is 0 Å². The Morgan fingerprint density at radius 1 is 0.897 bits per heavy atom. The van der Waals surface area contributed by atoms with Crippen LogP contribution in [0.1, 0.15) is 69.9 Å². The van der Waals surface area contributed by atoms with Crippen LogP contribution in [0, 0.1) is 0 Å². The van der Waals surface area contributed by atoms with Crippen molar-refractivity contribution in [3.05, 3.63) is 53.3 Å². The van der Waals surface area contributed by atoms with Crippen LogP contribution in [0.25, 0.3) is 22.2 Å². The third-order valence-corrected chi connectivity index (χ3v) is 8.30. The van der Waals surface area contributed by atoms with E-state index >= 15 is 0 Å². The molecule has 7 rings (SSSR count). The Labute approximate surface area is 226 Å². The average molecular weight is 528 g/mol. The third kappa shape index (κ3) is 4.68. The summed E-state index contributed by atoms with van der Waals surface area (Å²) in [5.74, 6) is 0.633. The van der Waals surface area contributed by atoms with Crippen molar-refractivity contribution in [1.82, 2.24) is 23.9 Å². The molecule has 4 aromatic rings. The summed E-state index contributed by atoms with van der Waals surface area (Å²) in [7, 11) is 1.80. The number of fused-ring (bicyclic) bond motifs is 1. The van der Waals surface area contributed by atoms with Crippen molar-refractivity contribution in [2.75, 3.05) is 10.6 Å². The maximum Gasteiger partial charge on any atom is 0.411 e. The predicted octanol–water partition coefficient (Wildman–Crippen LogP) is 5.89. The molecule has 0 unspecified atom stereocenters. The number of benzene rings is 1. The van der Waals surface area contributed by atoms with Crippen LogP contribution in [0.5, 0.6) is 0 Å². The Kier molecular flexibility index (Phi) is 5.90. The van der Waals surface area contributed by atoms with E-state index in [1.807, 2.05) is 39.7 Å². The summed E-state index contributed by atoms with van der Waals surface area (Å²) in [6.07, 6.45) is 14.8. The number of aryl methyl sites for hydroxylation is 1. The van der Waals surface area contributed by atoms with E-state index in [0.717, 1.165) is 85.6 Å². The summed E-state index contributed by atoms with van der Waals surface area (Å²) in [5.41, 5.74) is 5.00. The Balaban J connectivity index is 1.22. The van der Waals surface area contributed by atoms with Crippen molar-refractivity contribution in [1.29, 1.82) is 0 Å². The molecule has 3 aliphatic carbocycles. The fourth-order valence-electron chi connectivity index (χ4n) is 5.74. The number of hydrogen-bond acceptors (Lipinski definition) is 6. The smallest absolute Gasteiger partial charge is 0.411 e. The first-order valence-electron chi connectivity index (χ1n) is 14.0. The number of pyridine rings is 1. The summed E-state index contributed by atoms with van der Waals surface area (Å²) in [6.45, 7) is 0. The largest absolute Gasteiger partial charge is 0.446 e. The molecule has 10 nitrogen and oxygen atoms in total. The van der Waals surface area contributed by atoms with Gasteiger partial charge < -0.3 is 10.1 Å². The number of imidazole rings is 1. The van der Waals surface area contributed by atoms with Crippen molar-refractivity contribution in [3.8, 4) is 11.1 Å². The maximum absolute atomic E-state index is 13.1. The van der Waals surface area contributed by atoms with Crippen molar-refractivity contribution in [2.45, 2.75) is 76.0 Å². The molecule has 2 N–H and O–H groups in total. The summed E-state index contributed by atoms with van der Waals surface area (Å²) in [6, 6.07) is 8.49. The molecule has 3 fully saturated rings. The summed E-state index contributed by atoms with van der Waals surface area (Å²) in [4.78, 5) is 30.2. The standard InChI is InChI=1S/C29H33N7O3/c1-34-26-16-30-27(14-25(26)36(29(34)38)23-5-2-3-6-23)32-20-11-18(19-15-31-35(17-19)22-9-10-22)12-21(13-20)33-28(37)39-24-7-4-8-24/h11-17,22-24H,2-10H2,1H3,(H,30,32)(H,33,37). The SMILES string of the molecule is Cn1c(=O)n(C2CCCC2)c2cc(Nc3cc(NC(=O)OC4CCC4)cc(-c4cnn(C5CC5)c4)c3)ncc21. The zero-order valence-electron chi connectivity index (χ0n) is 22.1. The quantitative estimate of drug-likeness (QED) is 0.310. The van der Waals surface area contributed by atoms with Gasteiger partial charge in [0.1, 0.15) is 11.9 Å². The van der Waals surface area contributed by atoms with Gasteiger partial charge in [-0.3, -0.25) is 19.1 Å². The van der Waals surface area contributed by atoms with Gasteiger partial charge in [-0.25, -0.2) is 14.6 Å². The molecule has 10 heteroatoms. The van der Waals surface area contributed by atoms with Crippen molar-refractivity contribution < 1.29 is 9.53 Å². The van der Waals surface area contributed by atoms with E-state index in [1.54, 1.807) is 17.8 Å². The Hall–Kier alpha value is -4.08. The normalized spacial score (nSPS) is 17.9. The number of amides is 1. The highest BCUT2D eigenvalue weighted by Crippen LogP contribution is 2.37. The summed E-state index contributed by atoms with van der Waals surface area (Å²) < 4.78 is 11.2. The molecular weight excluding hydrogens is 494 g/mol. The number of ether oxygens (including phenoxy) is 1. The highest BCUT2D eigenvalue weighted by atomic mass is 16.6. The predicted molar refractivity (Wildman–Crippen MR) is 149 cm³/mol. The minimum Gasteiger partial charge on any atom is -0.446 e. The molecule has 39 heavy (non-hydrogen) atoms. The molecule has 0 aliphatic heterocycles. The van der Waals surface area contributed by atoms with E-state index in [9.17, 15) is 9.59 Å². The maximum atomic E-state index is 13.1. The molecule has 3 heterocycles. The first-order chi connectivity index (χ1) is 19.0. The summed E-state index contributed by atoms with van der Waals surface area (Å²) >= 11 is 0. The van der Waals surface area contributed by atoms with Gasteiger partial charge in [0.2, 0.25) is 0 Å². The van der Waals surface area contributed by atoms with Gasteiger partial charge in [-0.1, -0.05) is 12.8 Å². The molecule has 3 aliphatic rings. The molecule has 0 saturated heterocycles. The number of nitrogens with one attached hydrogen (secondary N) is 2. The van der Waals surface area contributed by atoms with Crippen molar-refractivity contribution >= 4 is 34.3 Å². The van der Waals surface area contributed by atoms with Gasteiger partial charge in [0.05, 0.1) is 29.5 Å². The Morgan fingerprint density at radius 3 is 2.44 bits per heavy atom. The van der Waals surface area contributed by atoms with E-state index in [0.29, 0.717) is 17.5 Å². The van der Waals surface area contributed by atoms with Crippen molar-refractivity contribution in [3.63, 3.8) is 0 Å². The van der Waals surface area contributed by atoms with Crippen LogP contribution in [-0.2, 0) is 11.8 Å². The fraction of sp³-hybridized carbons (Fsp3) is 0.448. The fourth-order valence-corrected chi connectivity index (χ4v) is 5.74. The van der Waals surface area contributed by atoms with Crippen LogP contribution in [0.2, 0.25) is 0 Å². The molecule has 3 saturated carbocycles. The van der Waals surface area contributed by atoms with Gasteiger partial charge in [0.15, 0.2) is 0 Å². The topological polar surface area (TPSA) is 108 Å². The molecule has 0 atom stereocenters. The van der Waals surface area contributed by atoms with E-state index < -0.39 is 6.09 Å². The van der Waals surface area contributed by atoms with Gasteiger partial charge >= 0.3 is 11.8 Å². The second-order valence-corrected chi connectivity index (χ2v) is 11.2. The lowest BCUT2D eigenvalue weighted by Gasteiger charge is -2.25. The number of hydrogen-bond donors (Lipinski definition) is 2. The van der Waals surface area contributed by atoms with E-state index in [4.69, 9.17) is 4.74 Å². The molecule has 0 radical (unpaired) electrons. The third-order valence-electron chi connectivity index (χ3n) is 8.30. The van der Waals surface area contributed by atoms with Crippen LogP contribution >= 0.6 is 0 Å². The van der Waals surface area contributed by atoms with E-state index in [-0.39, 0.29) is 17.8 Å². The lowest BCUT2D eigenvalue weighted by atomic mass is 9.96. The second-order valence-electron chi connectivity index (χ2n) is 11.2. The van der Waals surface area contributed by atoms with Crippen LogP contribution in [0.15, 0.2) is 47.7 Å². The second kappa shape index (κ2) is 9.59. The van der Waals surface area contributed by atoms with E-state index in [2.05, 4.69) is 26.9 Å². The average Bonchev–Trinajstić information content (AvgIpc) is 3.29. The molecule has 1 aromatic carbocycles. The lowest BCUT2D eigenvalue weighted by molar-refractivity contribution is 0.0624. The molecule has 3 aromatic heterocycles. The van der Waals surface area contributed by atoms with Crippen LogP contribution in [0.4, 0.5) is 22.0 Å².